The standard InChI is InChI=1S/C9H14ClN3O2/c1-6-7(10)5-13(12-6)4-3-8(11-2)9(14)15/h5,8,11H,3-4H2,1-2H3,(H,14,15). The Hall–Kier alpha value is -1.07. The largest absolute Gasteiger partial charge is 0.480 e. The van der Waals surface area contributed by atoms with Crippen LogP contribution in [0.15, 0.2) is 6.20 Å². The van der Waals surface area contributed by atoms with Crippen LogP contribution in [0.5, 0.6) is 0 Å². The Labute approximate surface area is 93.0 Å². The summed E-state index contributed by atoms with van der Waals surface area (Å²) >= 11 is 5.83. The zero-order valence-corrected chi connectivity index (χ0v) is 9.45. The molecule has 0 radical (unpaired) electrons. The summed E-state index contributed by atoms with van der Waals surface area (Å²) in [5.74, 6) is -0.854. The highest BCUT2D eigenvalue weighted by Crippen LogP contribution is 2.12. The van der Waals surface area contributed by atoms with E-state index in [2.05, 4.69) is 10.4 Å². The summed E-state index contributed by atoms with van der Waals surface area (Å²) in [6.45, 7) is 2.34. The number of rotatable bonds is 5. The van der Waals surface area contributed by atoms with Crippen molar-refractivity contribution in [1.29, 1.82) is 0 Å². The Morgan fingerprint density at radius 3 is 2.87 bits per heavy atom. The summed E-state index contributed by atoms with van der Waals surface area (Å²) in [6.07, 6.45) is 2.18. The highest BCUT2D eigenvalue weighted by atomic mass is 35.5. The summed E-state index contributed by atoms with van der Waals surface area (Å²) in [5, 5.41) is 16.3. The van der Waals surface area contributed by atoms with E-state index >= 15 is 0 Å². The number of hydrogen-bond donors (Lipinski definition) is 2. The predicted octanol–water partition coefficient (Wildman–Crippen LogP) is 0.908. The highest BCUT2D eigenvalue weighted by Gasteiger charge is 2.14. The molecule has 2 N–H and O–H groups in total. The molecule has 15 heavy (non-hydrogen) atoms. The quantitative estimate of drug-likeness (QED) is 0.791. The molecule has 0 aliphatic rings. The van der Waals surface area contributed by atoms with E-state index in [1.54, 1.807) is 17.9 Å². The van der Waals surface area contributed by atoms with Crippen LogP contribution < -0.4 is 5.32 Å². The number of carboxylic acids is 1. The van der Waals surface area contributed by atoms with E-state index in [9.17, 15) is 4.79 Å². The molecular formula is C9H14ClN3O2. The first-order chi connectivity index (χ1) is 7.04. The lowest BCUT2D eigenvalue weighted by Crippen LogP contribution is -2.34. The minimum Gasteiger partial charge on any atom is -0.480 e. The molecule has 84 valence electrons. The van der Waals surface area contributed by atoms with Gasteiger partial charge in [0.25, 0.3) is 0 Å². The lowest BCUT2D eigenvalue weighted by atomic mass is 10.2. The smallest absolute Gasteiger partial charge is 0.320 e. The van der Waals surface area contributed by atoms with Crippen LogP contribution in [0.25, 0.3) is 0 Å². The molecule has 1 heterocycles. The summed E-state index contributed by atoms with van der Waals surface area (Å²) in [6, 6.07) is -0.548. The fourth-order valence-corrected chi connectivity index (χ4v) is 1.41. The minimum absolute atomic E-state index is 0.475. The van der Waals surface area contributed by atoms with E-state index in [4.69, 9.17) is 16.7 Å². The number of nitrogens with zero attached hydrogens (tertiary/aromatic N) is 2. The molecule has 0 aliphatic heterocycles. The molecule has 0 spiro atoms. The second-order valence-corrected chi connectivity index (χ2v) is 3.70. The number of aromatic nitrogens is 2. The first-order valence-electron chi connectivity index (χ1n) is 4.64. The molecule has 5 nitrogen and oxygen atoms in total. The molecule has 1 aromatic rings. The molecule has 0 bridgehead atoms. The van der Waals surface area contributed by atoms with Crippen LogP contribution in [0.2, 0.25) is 5.02 Å². The van der Waals surface area contributed by atoms with Gasteiger partial charge in [-0.05, 0) is 20.4 Å². The van der Waals surface area contributed by atoms with Crippen molar-refractivity contribution in [2.75, 3.05) is 7.05 Å². The van der Waals surface area contributed by atoms with Crippen molar-refractivity contribution < 1.29 is 9.90 Å². The lowest BCUT2D eigenvalue weighted by Gasteiger charge is -2.10. The minimum atomic E-state index is -0.854. The normalized spacial score (nSPS) is 12.7. The maximum atomic E-state index is 10.7. The molecule has 0 fully saturated rings. The first kappa shape index (κ1) is 12.0. The van der Waals surface area contributed by atoms with Crippen LogP contribution in [0.4, 0.5) is 0 Å². The van der Waals surface area contributed by atoms with Crippen molar-refractivity contribution in [3.8, 4) is 0 Å². The molecule has 0 aromatic carbocycles. The van der Waals surface area contributed by atoms with Gasteiger partial charge in [0.2, 0.25) is 0 Å². The Bertz CT molecular complexity index is 332. The van der Waals surface area contributed by atoms with E-state index in [1.807, 2.05) is 6.92 Å². The van der Waals surface area contributed by atoms with Crippen LogP contribution in [0.3, 0.4) is 0 Å². The average Bonchev–Trinajstić information content (AvgIpc) is 2.47. The molecule has 1 aromatic heterocycles. The molecule has 0 saturated carbocycles. The van der Waals surface area contributed by atoms with Gasteiger partial charge in [-0.3, -0.25) is 9.48 Å². The van der Waals surface area contributed by atoms with Crippen LogP contribution in [0, 0.1) is 6.92 Å². The predicted molar refractivity (Wildman–Crippen MR) is 57.1 cm³/mol. The average molecular weight is 232 g/mol. The van der Waals surface area contributed by atoms with Crippen LogP contribution in [-0.2, 0) is 11.3 Å². The van der Waals surface area contributed by atoms with Gasteiger partial charge in [-0.1, -0.05) is 11.6 Å². The number of aryl methyl sites for hydroxylation is 2. The summed E-state index contributed by atoms with van der Waals surface area (Å²) in [4.78, 5) is 10.7. The number of aliphatic carboxylic acids is 1. The van der Waals surface area contributed by atoms with Crippen LogP contribution in [-0.4, -0.2) is 33.9 Å². The summed E-state index contributed by atoms with van der Waals surface area (Å²) in [7, 11) is 1.63. The Balaban J connectivity index is 2.52. The van der Waals surface area contributed by atoms with E-state index < -0.39 is 12.0 Å². The maximum absolute atomic E-state index is 10.7. The van der Waals surface area contributed by atoms with Gasteiger partial charge >= 0.3 is 5.97 Å². The lowest BCUT2D eigenvalue weighted by molar-refractivity contribution is -0.139. The molecule has 6 heteroatoms. The van der Waals surface area contributed by atoms with Gasteiger partial charge in [0.15, 0.2) is 0 Å². The second kappa shape index (κ2) is 5.14. The topological polar surface area (TPSA) is 67.2 Å². The number of likely N-dealkylation sites (N-methyl/N-ethyl adjacent to an activating group) is 1. The Kier molecular flexibility index (Phi) is 4.11. The van der Waals surface area contributed by atoms with E-state index in [-0.39, 0.29) is 0 Å². The molecular weight excluding hydrogens is 218 g/mol. The molecule has 1 rings (SSSR count). The number of halogens is 1. The zero-order valence-electron chi connectivity index (χ0n) is 8.70. The SMILES string of the molecule is CNC(CCn1cc(Cl)c(C)n1)C(=O)O. The Morgan fingerprint density at radius 1 is 1.80 bits per heavy atom. The monoisotopic (exact) mass is 231 g/mol. The number of carbonyl (C=O) groups is 1. The first-order valence-corrected chi connectivity index (χ1v) is 5.02. The number of nitrogens with one attached hydrogen (secondary N) is 1. The van der Waals surface area contributed by atoms with Gasteiger partial charge in [0.1, 0.15) is 6.04 Å². The fourth-order valence-electron chi connectivity index (χ4n) is 1.26. The van der Waals surface area contributed by atoms with Crippen molar-refractivity contribution >= 4 is 17.6 Å². The zero-order chi connectivity index (χ0) is 11.4. The molecule has 1 unspecified atom stereocenters. The van der Waals surface area contributed by atoms with Crippen molar-refractivity contribution in [3.63, 3.8) is 0 Å². The molecule has 1 atom stereocenters. The van der Waals surface area contributed by atoms with Crippen LogP contribution >= 0.6 is 11.6 Å². The highest BCUT2D eigenvalue weighted by molar-refractivity contribution is 6.31. The summed E-state index contributed by atoms with van der Waals surface area (Å²) < 4.78 is 1.66. The molecule has 0 saturated heterocycles. The van der Waals surface area contributed by atoms with Crippen LogP contribution in [0.1, 0.15) is 12.1 Å². The fraction of sp³-hybridized carbons (Fsp3) is 0.556. The van der Waals surface area contributed by atoms with Gasteiger partial charge < -0.3 is 10.4 Å². The third kappa shape index (κ3) is 3.21. The summed E-state index contributed by atoms with van der Waals surface area (Å²) in [5.41, 5.74) is 0.757. The molecule has 0 aliphatic carbocycles. The van der Waals surface area contributed by atoms with Gasteiger partial charge in [-0.25, -0.2) is 0 Å². The Morgan fingerprint density at radius 2 is 2.47 bits per heavy atom. The maximum Gasteiger partial charge on any atom is 0.320 e. The van der Waals surface area contributed by atoms with E-state index in [1.165, 1.54) is 0 Å². The van der Waals surface area contributed by atoms with Crippen molar-refractivity contribution in [2.45, 2.75) is 25.9 Å². The van der Waals surface area contributed by atoms with Gasteiger partial charge in [-0.15, -0.1) is 0 Å². The number of carboxylic acid groups (broad SMARTS) is 1. The second-order valence-electron chi connectivity index (χ2n) is 3.29. The van der Waals surface area contributed by atoms with Crippen molar-refractivity contribution in [1.82, 2.24) is 15.1 Å². The van der Waals surface area contributed by atoms with Crippen molar-refractivity contribution in [3.05, 3.63) is 16.9 Å². The van der Waals surface area contributed by atoms with E-state index in [0.717, 1.165) is 5.69 Å². The third-order valence-electron chi connectivity index (χ3n) is 2.18. The van der Waals surface area contributed by atoms with Gasteiger partial charge in [0, 0.05) is 12.7 Å². The van der Waals surface area contributed by atoms with Crippen molar-refractivity contribution in [2.24, 2.45) is 0 Å². The van der Waals surface area contributed by atoms with Gasteiger partial charge in [-0.2, -0.15) is 5.10 Å². The van der Waals surface area contributed by atoms with Gasteiger partial charge in [0.05, 0.1) is 10.7 Å². The third-order valence-corrected chi connectivity index (χ3v) is 2.55. The molecule has 0 amide bonds. The van der Waals surface area contributed by atoms with E-state index in [0.29, 0.717) is 18.0 Å². The number of hydrogen-bond acceptors (Lipinski definition) is 3.